The van der Waals surface area contributed by atoms with E-state index in [0.29, 0.717) is 0 Å². The number of nitrogens with zero attached hydrogens (tertiary/aromatic N) is 4. The number of hydrogen-bond donors (Lipinski definition) is 2. The van der Waals surface area contributed by atoms with E-state index in [-0.39, 0.29) is 23.8 Å². The van der Waals surface area contributed by atoms with E-state index in [9.17, 15) is 28.0 Å². The summed E-state index contributed by atoms with van der Waals surface area (Å²) in [4.78, 5) is 18.4. The summed E-state index contributed by atoms with van der Waals surface area (Å²) < 4.78 is 38.9. The van der Waals surface area contributed by atoms with Crippen molar-refractivity contribution in [2.45, 2.75) is 31.3 Å². The maximum Gasteiger partial charge on any atom is 0.294 e. The van der Waals surface area contributed by atoms with E-state index in [1.165, 1.54) is 6.07 Å². The number of aromatic nitrogens is 3. The number of hydrogen-bond acceptors (Lipinski definition) is 8. The smallest absolute Gasteiger partial charge is 0.294 e. The van der Waals surface area contributed by atoms with Crippen LogP contribution in [0.4, 0.5) is 4.39 Å². The van der Waals surface area contributed by atoms with E-state index >= 15 is 0 Å². The summed E-state index contributed by atoms with van der Waals surface area (Å²) in [6, 6.07) is 8.79. The third-order valence-corrected chi connectivity index (χ3v) is 5.57. The van der Waals surface area contributed by atoms with Crippen molar-refractivity contribution in [1.82, 2.24) is 14.8 Å². The van der Waals surface area contributed by atoms with Gasteiger partial charge in [-0.15, -0.1) is 15.2 Å². The number of nitrogens with two attached hydrogens (primary N) is 1. The molecule has 0 spiro atoms. The Kier molecular flexibility index (Phi) is 6.52. The van der Waals surface area contributed by atoms with Gasteiger partial charge >= 0.3 is 0 Å². The van der Waals surface area contributed by atoms with Gasteiger partial charge in [0.25, 0.3) is 5.09 Å². The molecule has 32 heavy (non-hydrogen) atoms. The number of sulfonamides is 1. The molecular weight excluding hydrogens is 445 g/mol. The molecule has 0 aliphatic carbocycles. The Morgan fingerprint density at radius 1 is 1.28 bits per heavy atom. The van der Waals surface area contributed by atoms with Crippen molar-refractivity contribution in [3.05, 3.63) is 80.7 Å². The zero-order valence-electron chi connectivity index (χ0n) is 17.1. The Balaban J connectivity index is 2.09. The van der Waals surface area contributed by atoms with Crippen LogP contribution in [-0.2, 0) is 21.3 Å². The SMILES string of the molecule is Cc1ccc(C)c(Cc2nc(C(O)CO[N+](=O)[O-])nn2-c2ccc(S(N)(=O)=O)cc2F)c1. The Labute approximate surface area is 182 Å². The number of aryl methyl sites for hydroxylation is 2. The van der Waals surface area contributed by atoms with Crippen molar-refractivity contribution in [3.8, 4) is 5.69 Å². The van der Waals surface area contributed by atoms with Crippen molar-refractivity contribution in [2.75, 3.05) is 6.61 Å². The van der Waals surface area contributed by atoms with E-state index < -0.39 is 38.5 Å². The summed E-state index contributed by atoms with van der Waals surface area (Å²) in [5.74, 6) is -0.940. The second-order valence-corrected chi connectivity index (χ2v) is 8.66. The molecule has 3 rings (SSSR count). The predicted octanol–water partition coefficient (Wildman–Crippen LogP) is 1.50. The van der Waals surface area contributed by atoms with Crippen molar-refractivity contribution >= 4 is 10.0 Å². The highest BCUT2D eigenvalue weighted by molar-refractivity contribution is 7.89. The molecule has 0 radical (unpaired) electrons. The summed E-state index contributed by atoms with van der Waals surface area (Å²) in [5.41, 5.74) is 2.65. The molecule has 3 aromatic rings. The van der Waals surface area contributed by atoms with E-state index in [1.807, 2.05) is 32.0 Å². The fourth-order valence-electron chi connectivity index (χ4n) is 3.01. The lowest BCUT2D eigenvalue weighted by molar-refractivity contribution is -0.759. The highest BCUT2D eigenvalue weighted by Crippen LogP contribution is 2.23. The van der Waals surface area contributed by atoms with Crippen LogP contribution < -0.4 is 5.14 Å². The van der Waals surface area contributed by atoms with E-state index in [1.54, 1.807) is 0 Å². The van der Waals surface area contributed by atoms with Crippen LogP contribution in [0.2, 0.25) is 0 Å². The van der Waals surface area contributed by atoms with Gasteiger partial charge in [-0.2, -0.15) is 0 Å². The first-order valence-corrected chi connectivity index (χ1v) is 10.8. The Morgan fingerprint density at radius 2 is 2.00 bits per heavy atom. The molecule has 1 aromatic heterocycles. The number of aliphatic hydroxyl groups excluding tert-OH is 1. The average Bonchev–Trinajstić information content (AvgIpc) is 3.11. The summed E-state index contributed by atoms with van der Waals surface area (Å²) >= 11 is 0. The Morgan fingerprint density at radius 3 is 2.62 bits per heavy atom. The maximum atomic E-state index is 14.8. The first-order valence-electron chi connectivity index (χ1n) is 9.25. The Bertz CT molecular complexity index is 1280. The summed E-state index contributed by atoms with van der Waals surface area (Å²) in [6.07, 6.45) is -1.36. The third kappa shape index (κ3) is 5.25. The number of benzene rings is 2. The highest BCUT2D eigenvalue weighted by Gasteiger charge is 2.22. The predicted molar refractivity (Wildman–Crippen MR) is 109 cm³/mol. The fourth-order valence-corrected chi connectivity index (χ4v) is 3.54. The zero-order chi connectivity index (χ0) is 23.6. The second-order valence-electron chi connectivity index (χ2n) is 7.10. The molecule has 0 bridgehead atoms. The van der Waals surface area contributed by atoms with Gasteiger partial charge in [0.05, 0.1) is 4.90 Å². The molecule has 2 aromatic carbocycles. The lowest BCUT2D eigenvalue weighted by atomic mass is 10.0. The summed E-state index contributed by atoms with van der Waals surface area (Å²) in [7, 11) is -4.12. The molecule has 3 N–H and O–H groups in total. The number of halogens is 1. The molecule has 0 saturated carbocycles. The van der Waals surface area contributed by atoms with Crippen molar-refractivity contribution in [1.29, 1.82) is 0 Å². The van der Waals surface area contributed by atoms with Gasteiger partial charge in [0.15, 0.2) is 5.82 Å². The van der Waals surface area contributed by atoms with Crippen LogP contribution in [-0.4, -0.2) is 40.0 Å². The first-order chi connectivity index (χ1) is 15.0. The maximum absolute atomic E-state index is 14.8. The van der Waals surface area contributed by atoms with Gasteiger partial charge in [-0.05, 0) is 43.2 Å². The molecule has 11 nitrogen and oxygen atoms in total. The summed E-state index contributed by atoms with van der Waals surface area (Å²) in [5, 5.41) is 28.7. The second kappa shape index (κ2) is 8.98. The van der Waals surface area contributed by atoms with Gasteiger partial charge in [0.1, 0.15) is 30.0 Å². The Hall–Kier alpha value is -3.42. The van der Waals surface area contributed by atoms with Crippen molar-refractivity contribution in [2.24, 2.45) is 5.14 Å². The van der Waals surface area contributed by atoms with E-state index in [0.717, 1.165) is 33.5 Å². The minimum Gasteiger partial charge on any atom is -0.383 e. The number of aliphatic hydroxyl groups is 1. The quantitative estimate of drug-likeness (QED) is 0.373. The standard InChI is InChI=1S/C19H20FN5O6S/c1-11-3-4-12(2)13(7-11)8-18-22-19(17(26)10-31-25(27)28)23-24(18)16-6-5-14(9-15(16)20)32(21,29)30/h3-7,9,17,26H,8,10H2,1-2H3,(H2,21,29,30). The van der Waals surface area contributed by atoms with Crippen molar-refractivity contribution < 1.29 is 27.8 Å². The summed E-state index contributed by atoms with van der Waals surface area (Å²) in [6.45, 7) is 3.08. The van der Waals surface area contributed by atoms with Gasteiger partial charge in [0, 0.05) is 6.42 Å². The molecule has 1 unspecified atom stereocenters. The van der Waals surface area contributed by atoms with Crippen LogP contribution in [0.25, 0.3) is 5.69 Å². The number of primary sulfonamides is 1. The number of rotatable bonds is 8. The third-order valence-electron chi connectivity index (χ3n) is 4.66. The zero-order valence-corrected chi connectivity index (χ0v) is 17.9. The van der Waals surface area contributed by atoms with Crippen LogP contribution in [0.1, 0.15) is 34.4 Å². The fraction of sp³-hybridized carbons (Fsp3) is 0.263. The first kappa shape index (κ1) is 23.2. The lowest BCUT2D eigenvalue weighted by Crippen LogP contribution is -2.14. The molecule has 1 atom stereocenters. The molecule has 0 fully saturated rings. The topological polar surface area (TPSA) is 163 Å². The van der Waals surface area contributed by atoms with Crippen LogP contribution in [0.5, 0.6) is 0 Å². The van der Waals surface area contributed by atoms with E-state index in [4.69, 9.17) is 5.14 Å². The molecular formula is C19H20FN5O6S. The van der Waals surface area contributed by atoms with Crippen LogP contribution in [0, 0.1) is 29.8 Å². The normalized spacial score (nSPS) is 12.5. The average molecular weight is 465 g/mol. The highest BCUT2D eigenvalue weighted by atomic mass is 32.2. The molecule has 0 aliphatic rings. The molecule has 13 heteroatoms. The van der Waals surface area contributed by atoms with E-state index in [2.05, 4.69) is 14.9 Å². The van der Waals surface area contributed by atoms with Gasteiger partial charge < -0.3 is 9.94 Å². The minimum atomic E-state index is -4.12. The molecule has 0 saturated heterocycles. The lowest BCUT2D eigenvalue weighted by Gasteiger charge is -2.10. The molecule has 170 valence electrons. The van der Waals surface area contributed by atoms with Crippen molar-refractivity contribution in [3.63, 3.8) is 0 Å². The molecule has 0 aliphatic heterocycles. The van der Waals surface area contributed by atoms with Gasteiger partial charge in [-0.1, -0.05) is 23.8 Å². The monoisotopic (exact) mass is 465 g/mol. The minimum absolute atomic E-state index is 0.140. The van der Waals surface area contributed by atoms with Crippen LogP contribution in [0.3, 0.4) is 0 Å². The largest absolute Gasteiger partial charge is 0.383 e. The molecule has 1 heterocycles. The van der Waals surface area contributed by atoms with Crippen LogP contribution in [0.15, 0.2) is 41.3 Å². The van der Waals surface area contributed by atoms with Crippen LogP contribution >= 0.6 is 0 Å². The van der Waals surface area contributed by atoms with Gasteiger partial charge in [-0.25, -0.2) is 27.6 Å². The molecule has 0 amide bonds. The van der Waals surface area contributed by atoms with Gasteiger partial charge in [0.2, 0.25) is 10.0 Å². The van der Waals surface area contributed by atoms with Gasteiger partial charge in [-0.3, -0.25) is 0 Å².